The van der Waals surface area contributed by atoms with Gasteiger partial charge in [-0.05, 0) is 35.4 Å². The maximum Gasteiger partial charge on any atom is 0.272 e. The topological polar surface area (TPSA) is 59.4 Å². The molecule has 5 nitrogen and oxygen atoms in total. The van der Waals surface area contributed by atoms with E-state index in [0.29, 0.717) is 24.1 Å². The summed E-state index contributed by atoms with van der Waals surface area (Å²) >= 11 is 1.66. The molecular formula is C22H21N3O2S. The van der Waals surface area contributed by atoms with E-state index in [1.807, 2.05) is 24.4 Å². The van der Waals surface area contributed by atoms with Crippen LogP contribution in [0.3, 0.4) is 0 Å². The number of fused-ring (bicyclic) bond motifs is 1. The lowest BCUT2D eigenvalue weighted by molar-refractivity contribution is 0.0438. The summed E-state index contributed by atoms with van der Waals surface area (Å²) in [5.41, 5.74) is 4.52. The molecule has 0 aliphatic heterocycles. The number of hydrogen-bond acceptors (Lipinski definition) is 4. The van der Waals surface area contributed by atoms with Gasteiger partial charge < -0.3 is 4.74 Å². The van der Waals surface area contributed by atoms with Crippen molar-refractivity contribution in [1.29, 1.82) is 0 Å². The van der Waals surface area contributed by atoms with Crippen molar-refractivity contribution in [2.45, 2.75) is 38.4 Å². The maximum atomic E-state index is 12.5. The number of H-pyrrole nitrogens is 1. The van der Waals surface area contributed by atoms with Crippen LogP contribution in [0.2, 0.25) is 0 Å². The minimum atomic E-state index is -0.110. The Morgan fingerprint density at radius 1 is 1.14 bits per heavy atom. The van der Waals surface area contributed by atoms with Gasteiger partial charge in [-0.3, -0.25) is 9.89 Å². The van der Waals surface area contributed by atoms with Crippen molar-refractivity contribution in [1.82, 2.24) is 14.6 Å². The van der Waals surface area contributed by atoms with E-state index in [1.54, 1.807) is 17.4 Å². The highest BCUT2D eigenvalue weighted by Gasteiger charge is 2.17. The van der Waals surface area contributed by atoms with Crippen LogP contribution in [0.4, 0.5) is 0 Å². The summed E-state index contributed by atoms with van der Waals surface area (Å²) < 4.78 is 7.46. The van der Waals surface area contributed by atoms with Crippen molar-refractivity contribution in [3.8, 4) is 21.6 Å². The number of rotatable bonds is 5. The Morgan fingerprint density at radius 3 is 2.79 bits per heavy atom. The second kappa shape index (κ2) is 7.37. The highest BCUT2D eigenvalue weighted by Crippen LogP contribution is 2.34. The van der Waals surface area contributed by atoms with Gasteiger partial charge >= 0.3 is 0 Å². The molecule has 3 heterocycles. The molecular weight excluding hydrogens is 370 g/mol. The molecule has 1 aliphatic carbocycles. The average Bonchev–Trinajstić information content (AvgIpc) is 3.47. The largest absolute Gasteiger partial charge is 0.372 e. The van der Waals surface area contributed by atoms with Gasteiger partial charge in [0.15, 0.2) is 5.65 Å². The molecule has 142 valence electrons. The monoisotopic (exact) mass is 391 g/mol. The van der Waals surface area contributed by atoms with Crippen molar-refractivity contribution in [2.24, 2.45) is 0 Å². The lowest BCUT2D eigenvalue weighted by atomic mass is 10.1. The highest BCUT2D eigenvalue weighted by molar-refractivity contribution is 7.14. The van der Waals surface area contributed by atoms with E-state index in [1.165, 1.54) is 28.5 Å². The number of ether oxygens (including phenoxy) is 1. The van der Waals surface area contributed by atoms with Crippen LogP contribution < -0.4 is 5.56 Å². The fraction of sp³-hybridized carbons (Fsp3) is 0.273. The molecule has 0 spiro atoms. The Morgan fingerprint density at radius 2 is 1.96 bits per heavy atom. The summed E-state index contributed by atoms with van der Waals surface area (Å²) in [6.07, 6.45) is 6.82. The number of nitrogens with one attached hydrogen (secondary N) is 1. The van der Waals surface area contributed by atoms with E-state index < -0.39 is 0 Å². The summed E-state index contributed by atoms with van der Waals surface area (Å²) in [4.78, 5) is 18.3. The zero-order valence-corrected chi connectivity index (χ0v) is 16.2. The Bertz CT molecular complexity index is 1150. The van der Waals surface area contributed by atoms with Crippen molar-refractivity contribution in [3.05, 3.63) is 70.1 Å². The van der Waals surface area contributed by atoms with Crippen molar-refractivity contribution in [2.75, 3.05) is 0 Å². The Labute approximate surface area is 166 Å². The molecule has 1 aromatic carbocycles. The zero-order valence-electron chi connectivity index (χ0n) is 15.4. The number of benzene rings is 1. The van der Waals surface area contributed by atoms with Gasteiger partial charge in [-0.15, -0.1) is 11.3 Å². The zero-order chi connectivity index (χ0) is 18.9. The normalized spacial score (nSPS) is 14.9. The maximum absolute atomic E-state index is 12.5. The van der Waals surface area contributed by atoms with Crippen molar-refractivity contribution < 1.29 is 4.74 Å². The first kappa shape index (κ1) is 17.4. The smallest absolute Gasteiger partial charge is 0.272 e. The predicted octanol–water partition coefficient (Wildman–Crippen LogP) is 4.88. The summed E-state index contributed by atoms with van der Waals surface area (Å²) in [6.45, 7) is 0.390. The van der Waals surface area contributed by atoms with E-state index in [0.717, 1.165) is 23.3 Å². The van der Waals surface area contributed by atoms with E-state index in [2.05, 4.69) is 28.7 Å². The first-order chi connectivity index (χ1) is 13.8. The molecule has 0 saturated heterocycles. The fourth-order valence-corrected chi connectivity index (χ4v) is 4.73. The first-order valence-corrected chi connectivity index (χ1v) is 10.5. The number of hydrogen-bond donors (Lipinski definition) is 1. The van der Waals surface area contributed by atoms with Crippen molar-refractivity contribution >= 4 is 17.0 Å². The molecule has 1 fully saturated rings. The summed E-state index contributed by atoms with van der Waals surface area (Å²) in [7, 11) is 0. The predicted molar refractivity (Wildman–Crippen MR) is 112 cm³/mol. The molecule has 28 heavy (non-hydrogen) atoms. The van der Waals surface area contributed by atoms with Gasteiger partial charge in [0.1, 0.15) is 0 Å². The number of thiophene rings is 1. The van der Waals surface area contributed by atoms with E-state index in [-0.39, 0.29) is 5.56 Å². The standard InChI is InChI=1S/C22H21N3O2S/c26-21-11-17(13-27-18-8-4-5-9-18)24-22-19(12-23-25(21)22)20-10-16(14-28-20)15-6-2-1-3-7-15/h1-3,6-7,10-12,14,18,23H,4-5,8-9,13H2. The average molecular weight is 391 g/mol. The van der Waals surface area contributed by atoms with Crippen molar-refractivity contribution in [3.63, 3.8) is 0 Å². The molecule has 1 N–H and O–H groups in total. The summed E-state index contributed by atoms with van der Waals surface area (Å²) in [5.74, 6) is 0. The highest BCUT2D eigenvalue weighted by atomic mass is 32.1. The molecule has 1 aliphatic rings. The van der Waals surface area contributed by atoms with E-state index in [9.17, 15) is 4.79 Å². The van der Waals surface area contributed by atoms with Gasteiger partial charge in [-0.25, -0.2) is 9.50 Å². The third-order valence-electron chi connectivity index (χ3n) is 5.29. The molecule has 0 atom stereocenters. The summed E-state index contributed by atoms with van der Waals surface area (Å²) in [5, 5.41) is 5.17. The van der Waals surface area contributed by atoms with Gasteiger partial charge in [-0.1, -0.05) is 43.2 Å². The lowest BCUT2D eigenvalue weighted by Crippen LogP contribution is -2.17. The minimum absolute atomic E-state index is 0.110. The van der Waals surface area contributed by atoms with Crippen LogP contribution in [0.1, 0.15) is 31.4 Å². The molecule has 1 saturated carbocycles. The molecule has 4 aromatic rings. The lowest BCUT2D eigenvalue weighted by Gasteiger charge is -2.10. The summed E-state index contributed by atoms with van der Waals surface area (Å²) in [6, 6.07) is 14.0. The Balaban J connectivity index is 1.48. The van der Waals surface area contributed by atoms with Crippen LogP contribution in [-0.2, 0) is 11.3 Å². The molecule has 3 aromatic heterocycles. The Kier molecular flexibility index (Phi) is 4.58. The van der Waals surface area contributed by atoms with E-state index >= 15 is 0 Å². The van der Waals surface area contributed by atoms with Gasteiger partial charge in [0.05, 0.1) is 24.0 Å². The number of aromatic nitrogens is 3. The number of aromatic amines is 1. The molecule has 0 radical (unpaired) electrons. The molecule has 0 unspecified atom stereocenters. The van der Waals surface area contributed by atoms with Crippen LogP contribution in [-0.4, -0.2) is 20.7 Å². The van der Waals surface area contributed by atoms with Gasteiger partial charge in [0, 0.05) is 17.1 Å². The molecule has 6 heteroatoms. The fourth-order valence-electron chi connectivity index (χ4n) is 3.80. The van der Waals surface area contributed by atoms with Crippen LogP contribution in [0.25, 0.3) is 27.2 Å². The van der Waals surface area contributed by atoms with Gasteiger partial charge in [0.25, 0.3) is 5.56 Å². The molecule has 5 rings (SSSR count). The third kappa shape index (κ3) is 3.30. The van der Waals surface area contributed by atoms with Crippen LogP contribution >= 0.6 is 11.3 Å². The van der Waals surface area contributed by atoms with Gasteiger partial charge in [-0.2, -0.15) is 0 Å². The minimum Gasteiger partial charge on any atom is -0.372 e. The van der Waals surface area contributed by atoms with Gasteiger partial charge in [0.2, 0.25) is 0 Å². The van der Waals surface area contributed by atoms with Crippen LogP contribution in [0.5, 0.6) is 0 Å². The SMILES string of the molecule is O=c1cc(COC2CCCC2)nc2c(-c3cc(-c4ccccc4)cs3)c[nH]n12. The Hall–Kier alpha value is -2.70. The second-order valence-corrected chi connectivity index (χ2v) is 8.13. The van der Waals surface area contributed by atoms with Crippen LogP contribution in [0.15, 0.2) is 58.8 Å². The molecule has 0 bridgehead atoms. The second-order valence-electron chi connectivity index (χ2n) is 7.21. The quantitative estimate of drug-likeness (QED) is 0.528. The first-order valence-electron chi connectivity index (χ1n) is 9.64. The molecule has 0 amide bonds. The number of nitrogens with zero attached hydrogens (tertiary/aromatic N) is 2. The van der Waals surface area contributed by atoms with Crippen LogP contribution in [0, 0.1) is 0 Å². The van der Waals surface area contributed by atoms with E-state index in [4.69, 9.17) is 9.72 Å². The third-order valence-corrected chi connectivity index (χ3v) is 6.26.